The molecule has 0 bridgehead atoms. The number of halogens is 1. The van der Waals surface area contributed by atoms with Crippen molar-refractivity contribution in [2.24, 2.45) is 5.73 Å². The molecule has 20 heavy (non-hydrogen) atoms. The summed E-state index contributed by atoms with van der Waals surface area (Å²) in [6.07, 6.45) is 3.86. The summed E-state index contributed by atoms with van der Waals surface area (Å²) in [6.45, 7) is 0.776. The van der Waals surface area contributed by atoms with E-state index < -0.39 is 0 Å². The van der Waals surface area contributed by atoms with Crippen LogP contribution in [-0.4, -0.2) is 11.6 Å². The Kier molecular flexibility index (Phi) is 3.65. The number of fused-ring (bicyclic) bond motifs is 1. The van der Waals surface area contributed by atoms with Gasteiger partial charge >= 0.3 is 0 Å². The quantitative estimate of drug-likeness (QED) is 0.931. The van der Waals surface area contributed by atoms with E-state index in [1.165, 1.54) is 23.4 Å². The number of pyridine rings is 1. The summed E-state index contributed by atoms with van der Waals surface area (Å²) in [5.41, 5.74) is 9.36. The SMILES string of the molecule is NC(CCc1ccc2c(c1)CCO2)c1ccc(F)cn1. The van der Waals surface area contributed by atoms with Crippen molar-refractivity contribution in [3.05, 3.63) is 59.2 Å². The highest BCUT2D eigenvalue weighted by Gasteiger charge is 2.13. The van der Waals surface area contributed by atoms with Crippen LogP contribution in [0.4, 0.5) is 4.39 Å². The molecule has 0 spiro atoms. The molecule has 4 heteroatoms. The molecule has 2 aromatic rings. The Bertz CT molecular complexity index is 598. The second-order valence-corrected chi connectivity index (χ2v) is 5.09. The van der Waals surface area contributed by atoms with Gasteiger partial charge in [0.15, 0.2) is 0 Å². The van der Waals surface area contributed by atoms with Crippen LogP contribution in [0.2, 0.25) is 0 Å². The Labute approximate surface area is 117 Å². The van der Waals surface area contributed by atoms with E-state index >= 15 is 0 Å². The largest absolute Gasteiger partial charge is 0.493 e. The van der Waals surface area contributed by atoms with Crippen LogP contribution < -0.4 is 10.5 Å². The standard InChI is InChI=1S/C16H17FN2O/c17-13-3-5-15(19-10-13)14(18)4-1-11-2-6-16-12(9-11)7-8-20-16/h2-3,5-6,9-10,14H,1,4,7-8,18H2. The van der Waals surface area contributed by atoms with Gasteiger partial charge in [0.25, 0.3) is 0 Å². The van der Waals surface area contributed by atoms with Crippen LogP contribution in [0.15, 0.2) is 36.5 Å². The molecule has 0 aliphatic carbocycles. The predicted molar refractivity (Wildman–Crippen MR) is 75.1 cm³/mol. The molecular weight excluding hydrogens is 255 g/mol. The number of ether oxygens (including phenoxy) is 1. The smallest absolute Gasteiger partial charge is 0.141 e. The number of aromatic nitrogens is 1. The zero-order chi connectivity index (χ0) is 13.9. The minimum atomic E-state index is -0.334. The maximum absolute atomic E-state index is 12.8. The van der Waals surface area contributed by atoms with Gasteiger partial charge in [0, 0.05) is 12.5 Å². The third-order valence-corrected chi connectivity index (χ3v) is 3.63. The minimum Gasteiger partial charge on any atom is -0.493 e. The zero-order valence-corrected chi connectivity index (χ0v) is 11.2. The predicted octanol–water partition coefficient (Wildman–Crippen LogP) is 2.79. The van der Waals surface area contributed by atoms with Crippen molar-refractivity contribution >= 4 is 0 Å². The lowest BCUT2D eigenvalue weighted by molar-refractivity contribution is 0.357. The summed E-state index contributed by atoms with van der Waals surface area (Å²) >= 11 is 0. The van der Waals surface area contributed by atoms with E-state index in [2.05, 4.69) is 17.1 Å². The molecular formula is C16H17FN2O. The summed E-state index contributed by atoms with van der Waals surface area (Å²) in [5, 5.41) is 0. The topological polar surface area (TPSA) is 48.1 Å². The van der Waals surface area contributed by atoms with Gasteiger partial charge in [0.1, 0.15) is 11.6 Å². The summed E-state index contributed by atoms with van der Waals surface area (Å²) in [7, 11) is 0. The average molecular weight is 272 g/mol. The molecule has 0 amide bonds. The fourth-order valence-electron chi connectivity index (χ4n) is 2.47. The number of nitrogens with two attached hydrogens (primary N) is 1. The van der Waals surface area contributed by atoms with Crippen LogP contribution in [-0.2, 0) is 12.8 Å². The number of aryl methyl sites for hydroxylation is 1. The molecule has 1 unspecified atom stereocenters. The van der Waals surface area contributed by atoms with Gasteiger partial charge in [-0.15, -0.1) is 0 Å². The first kappa shape index (κ1) is 13.1. The molecule has 2 N–H and O–H groups in total. The first-order chi connectivity index (χ1) is 9.72. The van der Waals surface area contributed by atoms with Crippen LogP contribution in [0.1, 0.15) is 29.3 Å². The molecule has 0 fully saturated rings. The molecule has 1 aliphatic heterocycles. The van der Waals surface area contributed by atoms with E-state index in [1.54, 1.807) is 6.07 Å². The minimum absolute atomic E-state index is 0.167. The molecule has 1 atom stereocenters. The Morgan fingerprint density at radius 2 is 2.20 bits per heavy atom. The Morgan fingerprint density at radius 3 is 3.00 bits per heavy atom. The monoisotopic (exact) mass is 272 g/mol. The van der Waals surface area contributed by atoms with Gasteiger partial charge in [-0.2, -0.15) is 0 Å². The third kappa shape index (κ3) is 2.80. The maximum atomic E-state index is 12.8. The highest BCUT2D eigenvalue weighted by atomic mass is 19.1. The lowest BCUT2D eigenvalue weighted by Gasteiger charge is -2.11. The normalized spacial score (nSPS) is 14.7. The Balaban J connectivity index is 1.63. The van der Waals surface area contributed by atoms with Gasteiger partial charge in [-0.05, 0) is 42.2 Å². The Hall–Kier alpha value is -1.94. The van der Waals surface area contributed by atoms with Crippen LogP contribution >= 0.6 is 0 Å². The van der Waals surface area contributed by atoms with Crippen LogP contribution in [0.25, 0.3) is 0 Å². The third-order valence-electron chi connectivity index (χ3n) is 3.63. The first-order valence-electron chi connectivity index (χ1n) is 6.84. The molecule has 1 aromatic carbocycles. The van der Waals surface area contributed by atoms with Crippen molar-refractivity contribution < 1.29 is 9.13 Å². The van der Waals surface area contributed by atoms with Crippen molar-refractivity contribution in [2.75, 3.05) is 6.61 Å². The van der Waals surface area contributed by atoms with E-state index in [1.807, 2.05) is 6.07 Å². The highest BCUT2D eigenvalue weighted by Crippen LogP contribution is 2.27. The lowest BCUT2D eigenvalue weighted by Crippen LogP contribution is -2.13. The molecule has 2 heterocycles. The van der Waals surface area contributed by atoms with Crippen molar-refractivity contribution in [2.45, 2.75) is 25.3 Å². The van der Waals surface area contributed by atoms with E-state index in [9.17, 15) is 4.39 Å². The molecule has 0 radical (unpaired) electrons. The van der Waals surface area contributed by atoms with Crippen molar-refractivity contribution in [1.82, 2.24) is 4.98 Å². The van der Waals surface area contributed by atoms with Gasteiger partial charge in [-0.1, -0.05) is 12.1 Å². The molecule has 104 valence electrons. The van der Waals surface area contributed by atoms with Crippen molar-refractivity contribution in [1.29, 1.82) is 0 Å². The maximum Gasteiger partial charge on any atom is 0.141 e. The van der Waals surface area contributed by atoms with Crippen LogP contribution in [0.3, 0.4) is 0 Å². The van der Waals surface area contributed by atoms with Gasteiger partial charge in [0.05, 0.1) is 18.5 Å². The van der Waals surface area contributed by atoms with E-state index in [0.29, 0.717) is 0 Å². The van der Waals surface area contributed by atoms with Crippen LogP contribution in [0.5, 0.6) is 5.75 Å². The molecule has 3 nitrogen and oxygen atoms in total. The summed E-state index contributed by atoms with van der Waals surface area (Å²) in [4.78, 5) is 4.03. The summed E-state index contributed by atoms with van der Waals surface area (Å²) < 4.78 is 18.3. The average Bonchev–Trinajstić information content (AvgIpc) is 2.93. The zero-order valence-electron chi connectivity index (χ0n) is 11.2. The second kappa shape index (κ2) is 5.59. The number of nitrogens with zero attached hydrogens (tertiary/aromatic N) is 1. The van der Waals surface area contributed by atoms with Crippen molar-refractivity contribution in [3.63, 3.8) is 0 Å². The first-order valence-corrected chi connectivity index (χ1v) is 6.84. The Morgan fingerprint density at radius 1 is 1.30 bits per heavy atom. The van der Waals surface area contributed by atoms with Gasteiger partial charge < -0.3 is 10.5 Å². The number of hydrogen-bond donors (Lipinski definition) is 1. The van der Waals surface area contributed by atoms with E-state index in [0.717, 1.165) is 37.3 Å². The van der Waals surface area contributed by atoms with Gasteiger partial charge in [-0.3, -0.25) is 4.98 Å². The van der Waals surface area contributed by atoms with Crippen LogP contribution in [0, 0.1) is 5.82 Å². The number of benzene rings is 1. The van der Waals surface area contributed by atoms with E-state index in [-0.39, 0.29) is 11.9 Å². The fraction of sp³-hybridized carbons (Fsp3) is 0.312. The molecule has 0 saturated carbocycles. The second-order valence-electron chi connectivity index (χ2n) is 5.09. The number of hydrogen-bond acceptors (Lipinski definition) is 3. The van der Waals surface area contributed by atoms with Gasteiger partial charge in [-0.25, -0.2) is 4.39 Å². The molecule has 1 aliphatic rings. The fourth-order valence-corrected chi connectivity index (χ4v) is 2.47. The van der Waals surface area contributed by atoms with E-state index in [4.69, 9.17) is 10.5 Å². The molecule has 1 aromatic heterocycles. The lowest BCUT2D eigenvalue weighted by atomic mass is 10.0. The van der Waals surface area contributed by atoms with Gasteiger partial charge in [0.2, 0.25) is 0 Å². The molecule has 0 saturated heterocycles. The summed E-state index contributed by atoms with van der Waals surface area (Å²) in [5.74, 6) is 0.665. The molecule has 3 rings (SSSR count). The summed E-state index contributed by atoms with van der Waals surface area (Å²) in [6, 6.07) is 9.17. The van der Waals surface area contributed by atoms with Crippen molar-refractivity contribution in [3.8, 4) is 5.75 Å². The number of rotatable bonds is 4. The highest BCUT2D eigenvalue weighted by molar-refractivity contribution is 5.39.